The van der Waals surface area contributed by atoms with Crippen LogP contribution in [0.4, 0.5) is 0 Å². The number of imidazole rings is 1. The summed E-state index contributed by atoms with van der Waals surface area (Å²) < 4.78 is 2.03. The van der Waals surface area contributed by atoms with Crippen LogP contribution in [0.15, 0.2) is 53.5 Å². The molecule has 3 aromatic rings. The molecule has 6 nitrogen and oxygen atoms in total. The number of carboxylic acids is 2. The van der Waals surface area contributed by atoms with Crippen molar-refractivity contribution in [2.45, 2.75) is 45.6 Å². The van der Waals surface area contributed by atoms with Crippen LogP contribution in [0, 0.1) is 0 Å². The molecule has 2 aromatic heterocycles. The Balaban J connectivity index is 1.88. The monoisotopic (exact) mass is 438 g/mol. The van der Waals surface area contributed by atoms with Gasteiger partial charge in [-0.25, -0.2) is 14.6 Å². The van der Waals surface area contributed by atoms with Gasteiger partial charge < -0.3 is 14.8 Å². The van der Waals surface area contributed by atoms with E-state index in [9.17, 15) is 14.7 Å². The van der Waals surface area contributed by atoms with Gasteiger partial charge in [0.15, 0.2) is 0 Å². The van der Waals surface area contributed by atoms with Gasteiger partial charge in [0.1, 0.15) is 5.82 Å². The molecule has 7 heteroatoms. The van der Waals surface area contributed by atoms with E-state index in [0.717, 1.165) is 41.2 Å². The van der Waals surface area contributed by atoms with Crippen molar-refractivity contribution in [3.63, 3.8) is 0 Å². The van der Waals surface area contributed by atoms with Gasteiger partial charge in [-0.2, -0.15) is 0 Å². The van der Waals surface area contributed by atoms with E-state index in [1.165, 1.54) is 0 Å². The normalized spacial score (nSPS) is 11.6. The number of nitrogens with zero attached hydrogens (tertiary/aromatic N) is 2. The van der Waals surface area contributed by atoms with Crippen LogP contribution in [0.3, 0.4) is 0 Å². The van der Waals surface area contributed by atoms with E-state index in [0.29, 0.717) is 25.0 Å². The predicted octanol–water partition coefficient (Wildman–Crippen LogP) is 5.13. The number of aromatic nitrogens is 2. The van der Waals surface area contributed by atoms with E-state index >= 15 is 0 Å². The Kier molecular flexibility index (Phi) is 7.78. The highest BCUT2D eigenvalue weighted by atomic mass is 32.1. The number of hydrogen-bond acceptors (Lipinski definition) is 4. The zero-order valence-corrected chi connectivity index (χ0v) is 18.3. The molecule has 0 fully saturated rings. The highest BCUT2D eigenvalue weighted by Crippen LogP contribution is 2.20. The molecule has 0 aliphatic carbocycles. The molecule has 3 rings (SSSR count). The summed E-state index contributed by atoms with van der Waals surface area (Å²) in [6.07, 6.45) is 7.39. The summed E-state index contributed by atoms with van der Waals surface area (Å²) in [6, 6.07) is 10.7. The van der Waals surface area contributed by atoms with Crippen molar-refractivity contribution in [1.82, 2.24) is 9.55 Å². The lowest BCUT2D eigenvalue weighted by Gasteiger charge is -2.12. The summed E-state index contributed by atoms with van der Waals surface area (Å²) in [7, 11) is 0. The maximum atomic E-state index is 11.9. The number of aryl methyl sites for hydroxylation is 2. The Labute approximate surface area is 185 Å². The van der Waals surface area contributed by atoms with Crippen LogP contribution < -0.4 is 0 Å². The molecule has 2 N–H and O–H groups in total. The van der Waals surface area contributed by atoms with E-state index in [1.54, 1.807) is 47.9 Å². The zero-order valence-electron chi connectivity index (χ0n) is 17.5. The lowest BCUT2D eigenvalue weighted by atomic mass is 10.1. The molecule has 0 aliphatic rings. The van der Waals surface area contributed by atoms with Crippen LogP contribution in [-0.4, -0.2) is 31.7 Å². The van der Waals surface area contributed by atoms with E-state index < -0.39 is 11.9 Å². The summed E-state index contributed by atoms with van der Waals surface area (Å²) in [5.41, 5.74) is 2.27. The SMILES string of the molecule is CCCCc1ncc(/C=C(\CCc2cccs2)C(=O)O)n1Cc1ccc(C(=O)O)cc1. The smallest absolute Gasteiger partial charge is 0.335 e. The summed E-state index contributed by atoms with van der Waals surface area (Å²) in [5.74, 6) is -0.984. The maximum Gasteiger partial charge on any atom is 0.335 e. The molecule has 0 aliphatic heterocycles. The first-order valence-electron chi connectivity index (χ1n) is 10.3. The van der Waals surface area contributed by atoms with Gasteiger partial charge in [0.05, 0.1) is 17.5 Å². The quantitative estimate of drug-likeness (QED) is 0.405. The fourth-order valence-corrected chi connectivity index (χ4v) is 4.04. The van der Waals surface area contributed by atoms with Crippen LogP contribution in [-0.2, 0) is 24.2 Å². The molecular weight excluding hydrogens is 412 g/mol. The van der Waals surface area contributed by atoms with Crippen LogP contribution in [0.1, 0.15) is 58.5 Å². The van der Waals surface area contributed by atoms with Gasteiger partial charge in [-0.3, -0.25) is 0 Å². The number of unbranched alkanes of at least 4 members (excludes halogenated alkanes) is 1. The summed E-state index contributed by atoms with van der Waals surface area (Å²) in [6.45, 7) is 2.62. The average molecular weight is 439 g/mol. The van der Waals surface area contributed by atoms with Gasteiger partial charge in [0.25, 0.3) is 0 Å². The summed E-state index contributed by atoms with van der Waals surface area (Å²) in [4.78, 5) is 28.7. The second-order valence-corrected chi connectivity index (χ2v) is 8.38. The minimum Gasteiger partial charge on any atom is -0.478 e. The van der Waals surface area contributed by atoms with E-state index in [2.05, 4.69) is 11.9 Å². The van der Waals surface area contributed by atoms with Crippen molar-refractivity contribution in [3.8, 4) is 0 Å². The second kappa shape index (κ2) is 10.7. The number of carbonyl (C=O) groups is 2. The number of hydrogen-bond donors (Lipinski definition) is 2. The first kappa shape index (κ1) is 22.5. The van der Waals surface area contributed by atoms with Crippen LogP contribution >= 0.6 is 11.3 Å². The van der Waals surface area contributed by atoms with Crippen molar-refractivity contribution in [3.05, 3.63) is 81.1 Å². The molecule has 1 aromatic carbocycles. The van der Waals surface area contributed by atoms with E-state index in [1.807, 2.05) is 22.1 Å². The molecule has 0 unspecified atom stereocenters. The van der Waals surface area contributed by atoms with Crippen LogP contribution in [0.25, 0.3) is 6.08 Å². The molecule has 2 heterocycles. The molecule has 0 spiro atoms. The Morgan fingerprint density at radius 2 is 1.90 bits per heavy atom. The number of benzene rings is 1. The second-order valence-electron chi connectivity index (χ2n) is 7.35. The number of rotatable bonds is 11. The first-order valence-corrected chi connectivity index (χ1v) is 11.2. The fraction of sp³-hybridized carbons (Fsp3) is 0.292. The third kappa shape index (κ3) is 6.15. The molecule has 0 bridgehead atoms. The van der Waals surface area contributed by atoms with Gasteiger partial charge in [0, 0.05) is 23.4 Å². The number of aliphatic carboxylic acids is 1. The van der Waals surface area contributed by atoms with Gasteiger partial charge >= 0.3 is 11.9 Å². The minimum atomic E-state index is -0.960. The third-order valence-corrected chi connectivity index (χ3v) is 6.02. The van der Waals surface area contributed by atoms with Crippen molar-refractivity contribution in [2.75, 3.05) is 0 Å². The van der Waals surface area contributed by atoms with Crippen molar-refractivity contribution in [1.29, 1.82) is 0 Å². The number of thiophene rings is 1. The lowest BCUT2D eigenvalue weighted by Crippen LogP contribution is -2.09. The Morgan fingerprint density at radius 3 is 2.52 bits per heavy atom. The molecule has 162 valence electrons. The summed E-state index contributed by atoms with van der Waals surface area (Å²) >= 11 is 1.62. The molecule has 0 saturated carbocycles. The third-order valence-electron chi connectivity index (χ3n) is 5.08. The molecule has 0 amide bonds. The first-order chi connectivity index (χ1) is 15.0. The van der Waals surface area contributed by atoms with Crippen molar-refractivity contribution >= 4 is 29.4 Å². The van der Waals surface area contributed by atoms with Gasteiger partial charge in [-0.1, -0.05) is 31.5 Å². The van der Waals surface area contributed by atoms with E-state index in [4.69, 9.17) is 5.11 Å². The molecule has 0 saturated heterocycles. The largest absolute Gasteiger partial charge is 0.478 e. The highest BCUT2D eigenvalue weighted by Gasteiger charge is 2.14. The Bertz CT molecular complexity index is 1050. The van der Waals surface area contributed by atoms with Gasteiger partial charge in [-0.15, -0.1) is 11.3 Å². The topological polar surface area (TPSA) is 92.4 Å². The van der Waals surface area contributed by atoms with Gasteiger partial charge in [0.2, 0.25) is 0 Å². The standard InChI is InChI=1S/C24H26N2O4S/c1-2-3-6-22-25-15-20(14-19(24(29)30)11-12-21-5-4-13-31-21)26(22)16-17-7-9-18(10-8-17)23(27)28/h4-5,7-10,13-15H,2-3,6,11-12,16H2,1H3,(H,27,28)(H,29,30)/b19-14+. The van der Waals surface area contributed by atoms with E-state index in [-0.39, 0.29) is 5.56 Å². The molecule has 0 atom stereocenters. The molecule has 31 heavy (non-hydrogen) atoms. The van der Waals surface area contributed by atoms with Crippen molar-refractivity contribution in [2.24, 2.45) is 0 Å². The zero-order chi connectivity index (χ0) is 22.2. The average Bonchev–Trinajstić information content (AvgIpc) is 3.40. The molecule has 0 radical (unpaired) electrons. The highest BCUT2D eigenvalue weighted by molar-refractivity contribution is 7.09. The summed E-state index contributed by atoms with van der Waals surface area (Å²) in [5, 5.41) is 20.8. The van der Waals surface area contributed by atoms with Crippen LogP contribution in [0.2, 0.25) is 0 Å². The van der Waals surface area contributed by atoms with Crippen LogP contribution in [0.5, 0.6) is 0 Å². The lowest BCUT2D eigenvalue weighted by molar-refractivity contribution is -0.132. The molecular formula is C24H26N2O4S. The minimum absolute atomic E-state index is 0.238. The number of carboxylic acid groups (broad SMARTS) is 2. The fourth-order valence-electron chi connectivity index (χ4n) is 3.33. The maximum absolute atomic E-state index is 11.9. The number of aromatic carboxylic acids is 1. The van der Waals surface area contributed by atoms with Crippen molar-refractivity contribution < 1.29 is 19.8 Å². The Hall–Kier alpha value is -3.19. The predicted molar refractivity (Wildman–Crippen MR) is 122 cm³/mol. The Morgan fingerprint density at radius 1 is 1.13 bits per heavy atom. The van der Waals surface area contributed by atoms with Gasteiger partial charge in [-0.05, 0) is 54.5 Å².